The monoisotopic (exact) mass is 300 g/mol. The Balaban J connectivity index is 1.93. The topological polar surface area (TPSA) is 41.1 Å². The largest absolute Gasteiger partial charge is 0.325 e. The van der Waals surface area contributed by atoms with Gasteiger partial charge in [-0.05, 0) is 24.3 Å². The molecule has 1 aromatic carbocycles. The third-order valence-corrected chi connectivity index (χ3v) is 3.94. The molecule has 1 saturated heterocycles. The van der Waals surface area contributed by atoms with Gasteiger partial charge >= 0.3 is 0 Å². The van der Waals surface area contributed by atoms with Gasteiger partial charge in [0.05, 0.1) is 6.04 Å². The summed E-state index contributed by atoms with van der Waals surface area (Å²) in [5.41, 5.74) is 0.838. The minimum Gasteiger partial charge on any atom is -0.325 e. The number of benzene rings is 1. The molecule has 0 spiro atoms. The maximum Gasteiger partial charge on any atom is 0.242 e. The van der Waals surface area contributed by atoms with Gasteiger partial charge in [0.1, 0.15) is 0 Å². The first-order chi connectivity index (χ1) is 7.75. The predicted molar refractivity (Wildman–Crippen MR) is 71.9 cm³/mol. The van der Waals surface area contributed by atoms with Crippen molar-refractivity contribution >= 4 is 39.3 Å². The molecule has 1 fully saturated rings. The lowest BCUT2D eigenvalue weighted by Gasteiger charge is -2.22. The van der Waals surface area contributed by atoms with E-state index in [-0.39, 0.29) is 11.9 Å². The second-order valence-corrected chi connectivity index (χ2v) is 5.64. The molecule has 5 heteroatoms. The lowest BCUT2D eigenvalue weighted by Crippen LogP contribution is -2.46. The Bertz CT molecular complexity index is 363. The highest BCUT2D eigenvalue weighted by atomic mass is 79.9. The van der Waals surface area contributed by atoms with E-state index < -0.39 is 0 Å². The van der Waals surface area contributed by atoms with E-state index in [9.17, 15) is 4.79 Å². The van der Waals surface area contributed by atoms with Gasteiger partial charge in [0.2, 0.25) is 5.91 Å². The summed E-state index contributed by atoms with van der Waals surface area (Å²) in [4.78, 5) is 11.9. The highest BCUT2D eigenvalue weighted by molar-refractivity contribution is 9.10. The molecule has 3 nitrogen and oxygen atoms in total. The third-order valence-electron chi connectivity index (χ3n) is 2.35. The summed E-state index contributed by atoms with van der Waals surface area (Å²) >= 11 is 5.17. The number of amides is 1. The molecule has 1 amide bonds. The minimum atomic E-state index is -0.0672. The second kappa shape index (κ2) is 5.70. The zero-order valence-electron chi connectivity index (χ0n) is 8.70. The van der Waals surface area contributed by atoms with Crippen molar-refractivity contribution in [3.05, 3.63) is 28.7 Å². The quantitative estimate of drug-likeness (QED) is 0.879. The smallest absolute Gasteiger partial charge is 0.242 e. The fraction of sp³-hybridized carbons (Fsp3) is 0.364. The molecule has 0 radical (unpaired) electrons. The molecule has 1 heterocycles. The van der Waals surface area contributed by atoms with Crippen molar-refractivity contribution in [2.75, 3.05) is 23.4 Å². The molecule has 2 N–H and O–H groups in total. The predicted octanol–water partition coefficient (Wildman–Crippen LogP) is 2.09. The van der Waals surface area contributed by atoms with Crippen molar-refractivity contribution in [1.82, 2.24) is 5.32 Å². The van der Waals surface area contributed by atoms with Crippen molar-refractivity contribution in [2.24, 2.45) is 0 Å². The average Bonchev–Trinajstić information content (AvgIpc) is 2.33. The van der Waals surface area contributed by atoms with Crippen LogP contribution in [0, 0.1) is 0 Å². The fourth-order valence-electron chi connectivity index (χ4n) is 1.50. The van der Waals surface area contributed by atoms with Gasteiger partial charge in [0.25, 0.3) is 0 Å². The Hall–Kier alpha value is -0.520. The Morgan fingerprint density at radius 1 is 1.44 bits per heavy atom. The highest BCUT2D eigenvalue weighted by Crippen LogP contribution is 2.15. The number of rotatable bonds is 2. The first kappa shape index (κ1) is 12.0. The first-order valence-corrected chi connectivity index (χ1v) is 7.08. The van der Waals surface area contributed by atoms with Crippen molar-refractivity contribution in [3.8, 4) is 0 Å². The molecule has 0 aliphatic carbocycles. The number of anilines is 1. The zero-order chi connectivity index (χ0) is 11.4. The highest BCUT2D eigenvalue weighted by Gasteiger charge is 2.20. The van der Waals surface area contributed by atoms with Crippen molar-refractivity contribution in [2.45, 2.75) is 6.04 Å². The number of thioether (sulfide) groups is 1. The first-order valence-electron chi connectivity index (χ1n) is 5.13. The standard InChI is InChI=1S/C11H13BrN2OS/c12-8-1-3-9(4-2-8)14-11(15)10-7-16-6-5-13-10/h1-4,10,13H,5-7H2,(H,14,15). The van der Waals surface area contributed by atoms with Crippen LogP contribution in [0.1, 0.15) is 0 Å². The third kappa shape index (κ3) is 3.23. The normalized spacial score (nSPS) is 20.4. The number of halogens is 1. The van der Waals surface area contributed by atoms with Gasteiger partial charge in [0, 0.05) is 28.2 Å². The second-order valence-electron chi connectivity index (χ2n) is 3.58. The molecular formula is C11H13BrN2OS. The Kier molecular flexibility index (Phi) is 4.26. The number of carbonyl (C=O) groups is 1. The van der Waals surface area contributed by atoms with Gasteiger partial charge in [-0.1, -0.05) is 15.9 Å². The van der Waals surface area contributed by atoms with E-state index in [1.54, 1.807) is 0 Å². The number of nitrogens with one attached hydrogen (secondary N) is 2. The van der Waals surface area contributed by atoms with Crippen LogP contribution in [0.25, 0.3) is 0 Å². The van der Waals surface area contributed by atoms with E-state index in [1.165, 1.54) is 0 Å². The van der Waals surface area contributed by atoms with E-state index >= 15 is 0 Å². The van der Waals surface area contributed by atoms with Gasteiger partial charge in [-0.2, -0.15) is 11.8 Å². The van der Waals surface area contributed by atoms with E-state index in [2.05, 4.69) is 26.6 Å². The van der Waals surface area contributed by atoms with Crippen molar-refractivity contribution in [1.29, 1.82) is 0 Å². The van der Waals surface area contributed by atoms with Gasteiger partial charge in [-0.25, -0.2) is 0 Å². The maximum absolute atomic E-state index is 11.9. The van der Waals surface area contributed by atoms with Crippen LogP contribution in [0.15, 0.2) is 28.7 Å². The molecule has 86 valence electrons. The van der Waals surface area contributed by atoms with E-state index in [0.29, 0.717) is 0 Å². The van der Waals surface area contributed by atoms with Crippen molar-refractivity contribution < 1.29 is 4.79 Å². The molecule has 1 aliphatic rings. The molecule has 0 bridgehead atoms. The maximum atomic E-state index is 11.9. The number of hydrogen-bond donors (Lipinski definition) is 2. The summed E-state index contributed by atoms with van der Waals surface area (Å²) in [6, 6.07) is 7.54. The molecule has 1 aromatic rings. The van der Waals surface area contributed by atoms with Crippen LogP contribution in [-0.4, -0.2) is 30.0 Å². The molecular weight excluding hydrogens is 288 g/mol. The summed E-state index contributed by atoms with van der Waals surface area (Å²) in [7, 11) is 0. The molecule has 1 atom stereocenters. The van der Waals surface area contributed by atoms with Crippen LogP contribution in [-0.2, 0) is 4.79 Å². The molecule has 0 aromatic heterocycles. The summed E-state index contributed by atoms with van der Waals surface area (Å²) in [5, 5.41) is 6.11. The van der Waals surface area contributed by atoms with Crippen molar-refractivity contribution in [3.63, 3.8) is 0 Å². The summed E-state index contributed by atoms with van der Waals surface area (Å²) in [6.45, 7) is 0.906. The molecule has 16 heavy (non-hydrogen) atoms. The fourth-order valence-corrected chi connectivity index (χ4v) is 2.69. The molecule has 2 rings (SSSR count). The van der Waals surface area contributed by atoms with Gasteiger partial charge in [-0.15, -0.1) is 0 Å². The summed E-state index contributed by atoms with van der Waals surface area (Å²) < 4.78 is 1.01. The van der Waals surface area contributed by atoms with Gasteiger partial charge in [0.15, 0.2) is 0 Å². The Morgan fingerprint density at radius 3 is 2.81 bits per heavy atom. The summed E-state index contributed by atoms with van der Waals surface area (Å²) in [5.74, 6) is 1.99. The van der Waals surface area contributed by atoms with E-state index in [0.717, 1.165) is 28.2 Å². The van der Waals surface area contributed by atoms with Gasteiger partial charge < -0.3 is 10.6 Å². The zero-order valence-corrected chi connectivity index (χ0v) is 11.1. The molecule has 1 unspecified atom stereocenters. The van der Waals surface area contributed by atoms with Crippen LogP contribution in [0.4, 0.5) is 5.69 Å². The van der Waals surface area contributed by atoms with Crippen LogP contribution < -0.4 is 10.6 Å². The van der Waals surface area contributed by atoms with Crippen LogP contribution in [0.3, 0.4) is 0 Å². The van der Waals surface area contributed by atoms with Crippen LogP contribution >= 0.6 is 27.7 Å². The SMILES string of the molecule is O=C(Nc1ccc(Br)cc1)C1CSCCN1. The van der Waals surface area contributed by atoms with Crippen LogP contribution in [0.5, 0.6) is 0 Å². The van der Waals surface area contributed by atoms with Crippen LogP contribution in [0.2, 0.25) is 0 Å². The Labute approximate surface area is 108 Å². The number of hydrogen-bond acceptors (Lipinski definition) is 3. The lowest BCUT2D eigenvalue weighted by molar-refractivity contribution is -0.117. The lowest BCUT2D eigenvalue weighted by atomic mass is 10.2. The van der Waals surface area contributed by atoms with E-state index in [4.69, 9.17) is 0 Å². The Morgan fingerprint density at radius 2 is 2.19 bits per heavy atom. The molecule has 1 aliphatic heterocycles. The minimum absolute atomic E-state index is 0.0505. The average molecular weight is 301 g/mol. The van der Waals surface area contributed by atoms with Gasteiger partial charge in [-0.3, -0.25) is 4.79 Å². The molecule has 0 saturated carbocycles. The number of carbonyl (C=O) groups excluding carboxylic acids is 1. The van der Waals surface area contributed by atoms with E-state index in [1.807, 2.05) is 36.0 Å². The summed E-state index contributed by atoms with van der Waals surface area (Å²) in [6.07, 6.45) is 0.